The molecular formula is C21H32ClN3O2. The third kappa shape index (κ3) is 4.95. The molecule has 1 aliphatic heterocycles. The molecule has 0 radical (unpaired) electrons. The van der Waals surface area contributed by atoms with Crippen molar-refractivity contribution in [2.45, 2.75) is 60.0 Å². The lowest BCUT2D eigenvalue weighted by atomic mass is 9.84. The van der Waals surface area contributed by atoms with E-state index in [2.05, 4.69) is 43.2 Å². The Labute approximate surface area is 167 Å². The largest absolute Gasteiger partial charge is 0.369 e. The SMILES string of the molecule is CCN(c1cc(Cl)cc(C(=O)NCC2C(=O)NC(C)CC2C)c1C)C(C)C. The number of carbonyl (C=O) groups is 2. The van der Waals surface area contributed by atoms with Gasteiger partial charge in [0.25, 0.3) is 5.91 Å². The van der Waals surface area contributed by atoms with Crippen molar-refractivity contribution >= 4 is 29.1 Å². The average molecular weight is 394 g/mol. The van der Waals surface area contributed by atoms with E-state index in [1.807, 2.05) is 19.9 Å². The fourth-order valence-electron chi connectivity index (χ4n) is 3.99. The van der Waals surface area contributed by atoms with Gasteiger partial charge >= 0.3 is 0 Å². The van der Waals surface area contributed by atoms with Crippen LogP contribution in [0.3, 0.4) is 0 Å². The van der Waals surface area contributed by atoms with E-state index in [4.69, 9.17) is 11.6 Å². The van der Waals surface area contributed by atoms with Gasteiger partial charge in [0.15, 0.2) is 0 Å². The lowest BCUT2D eigenvalue weighted by Gasteiger charge is -2.33. The predicted molar refractivity (Wildman–Crippen MR) is 112 cm³/mol. The molecule has 0 aliphatic carbocycles. The van der Waals surface area contributed by atoms with Crippen molar-refractivity contribution < 1.29 is 9.59 Å². The van der Waals surface area contributed by atoms with Gasteiger partial charge in [0, 0.05) is 41.4 Å². The molecule has 0 bridgehead atoms. The molecule has 1 aliphatic rings. The minimum atomic E-state index is -0.202. The summed E-state index contributed by atoms with van der Waals surface area (Å²) in [5, 5.41) is 6.46. The summed E-state index contributed by atoms with van der Waals surface area (Å²) in [6.45, 7) is 13.5. The Hall–Kier alpha value is -1.75. The minimum absolute atomic E-state index is 0.0158. The van der Waals surface area contributed by atoms with Gasteiger partial charge in [-0.15, -0.1) is 0 Å². The molecule has 150 valence electrons. The molecule has 1 aromatic rings. The van der Waals surface area contributed by atoms with E-state index < -0.39 is 0 Å². The topological polar surface area (TPSA) is 61.4 Å². The van der Waals surface area contributed by atoms with Crippen LogP contribution in [0.4, 0.5) is 5.69 Å². The number of rotatable bonds is 6. The van der Waals surface area contributed by atoms with Gasteiger partial charge < -0.3 is 15.5 Å². The smallest absolute Gasteiger partial charge is 0.251 e. The summed E-state index contributed by atoms with van der Waals surface area (Å²) in [5.74, 6) is -0.134. The Morgan fingerprint density at radius 1 is 1.37 bits per heavy atom. The summed E-state index contributed by atoms with van der Waals surface area (Å²) in [7, 11) is 0. The monoisotopic (exact) mass is 393 g/mol. The molecule has 0 aromatic heterocycles. The number of benzene rings is 1. The first-order valence-electron chi connectivity index (χ1n) is 9.81. The Balaban J connectivity index is 2.19. The summed E-state index contributed by atoms with van der Waals surface area (Å²) >= 11 is 6.31. The molecule has 2 amide bonds. The lowest BCUT2D eigenvalue weighted by molar-refractivity contribution is -0.129. The van der Waals surface area contributed by atoms with Crippen LogP contribution in [-0.2, 0) is 4.79 Å². The summed E-state index contributed by atoms with van der Waals surface area (Å²) in [4.78, 5) is 27.3. The standard InChI is InChI=1S/C21H32ClN3O2/c1-7-25(12(2)3)19-10-16(22)9-17(15(19)6)20(26)23-11-18-13(4)8-14(5)24-21(18)27/h9-10,12-14,18H,7-8,11H2,1-6H3,(H,23,26)(H,24,27). The number of nitrogens with zero attached hydrogens (tertiary/aromatic N) is 1. The zero-order valence-electron chi connectivity index (χ0n) is 17.2. The molecule has 0 saturated carbocycles. The Bertz CT molecular complexity index is 705. The average Bonchev–Trinajstić information content (AvgIpc) is 2.56. The maximum Gasteiger partial charge on any atom is 0.251 e. The second-order valence-electron chi connectivity index (χ2n) is 7.92. The molecule has 5 nitrogen and oxygen atoms in total. The van der Waals surface area contributed by atoms with Crippen molar-refractivity contribution in [2.75, 3.05) is 18.0 Å². The van der Waals surface area contributed by atoms with Gasteiger partial charge in [-0.25, -0.2) is 0 Å². The van der Waals surface area contributed by atoms with Crippen molar-refractivity contribution in [2.24, 2.45) is 11.8 Å². The number of piperidine rings is 1. The molecule has 1 heterocycles. The third-order valence-electron chi connectivity index (χ3n) is 5.48. The maximum atomic E-state index is 12.9. The zero-order valence-corrected chi connectivity index (χ0v) is 18.0. The molecule has 1 fully saturated rings. The molecule has 0 spiro atoms. The fourth-order valence-corrected chi connectivity index (χ4v) is 4.21. The quantitative estimate of drug-likeness (QED) is 0.773. The van der Waals surface area contributed by atoms with Crippen LogP contribution in [0.2, 0.25) is 5.02 Å². The highest BCUT2D eigenvalue weighted by molar-refractivity contribution is 6.31. The molecule has 27 heavy (non-hydrogen) atoms. The third-order valence-corrected chi connectivity index (χ3v) is 5.70. The van der Waals surface area contributed by atoms with E-state index in [9.17, 15) is 9.59 Å². The second kappa shape index (κ2) is 8.96. The molecule has 2 rings (SSSR count). The van der Waals surface area contributed by atoms with Crippen LogP contribution < -0.4 is 15.5 Å². The van der Waals surface area contributed by atoms with Gasteiger partial charge in [0.1, 0.15) is 0 Å². The number of nitrogens with one attached hydrogen (secondary N) is 2. The Morgan fingerprint density at radius 2 is 2.04 bits per heavy atom. The molecule has 3 unspecified atom stereocenters. The van der Waals surface area contributed by atoms with Crippen molar-refractivity contribution in [3.63, 3.8) is 0 Å². The highest BCUT2D eigenvalue weighted by Gasteiger charge is 2.32. The van der Waals surface area contributed by atoms with E-state index in [0.29, 0.717) is 23.2 Å². The number of amides is 2. The first kappa shape index (κ1) is 21.5. The van der Waals surface area contributed by atoms with Crippen molar-refractivity contribution in [3.8, 4) is 0 Å². The Morgan fingerprint density at radius 3 is 2.59 bits per heavy atom. The van der Waals surface area contributed by atoms with Crippen LogP contribution >= 0.6 is 11.6 Å². The highest BCUT2D eigenvalue weighted by Crippen LogP contribution is 2.29. The molecule has 3 atom stereocenters. The van der Waals surface area contributed by atoms with E-state index in [0.717, 1.165) is 24.2 Å². The number of carbonyl (C=O) groups excluding carboxylic acids is 2. The van der Waals surface area contributed by atoms with Crippen LogP contribution in [0.5, 0.6) is 0 Å². The van der Waals surface area contributed by atoms with E-state index in [-0.39, 0.29) is 29.7 Å². The maximum absolute atomic E-state index is 12.9. The van der Waals surface area contributed by atoms with Gasteiger partial charge in [0.2, 0.25) is 5.91 Å². The van der Waals surface area contributed by atoms with E-state index >= 15 is 0 Å². The number of halogens is 1. The van der Waals surface area contributed by atoms with Crippen LogP contribution in [0.15, 0.2) is 12.1 Å². The summed E-state index contributed by atoms with van der Waals surface area (Å²) in [5.41, 5.74) is 2.44. The first-order chi connectivity index (χ1) is 12.6. The molecular weight excluding hydrogens is 362 g/mol. The van der Waals surface area contributed by atoms with Crippen LogP contribution in [0.25, 0.3) is 0 Å². The van der Waals surface area contributed by atoms with Gasteiger partial charge in [-0.2, -0.15) is 0 Å². The fraction of sp³-hybridized carbons (Fsp3) is 0.619. The summed E-state index contributed by atoms with van der Waals surface area (Å²) in [6, 6.07) is 4.11. The van der Waals surface area contributed by atoms with Gasteiger partial charge in [-0.3, -0.25) is 9.59 Å². The van der Waals surface area contributed by atoms with Crippen molar-refractivity contribution in [3.05, 3.63) is 28.3 Å². The van der Waals surface area contributed by atoms with Crippen LogP contribution in [0.1, 0.15) is 57.0 Å². The molecule has 1 saturated heterocycles. The van der Waals surface area contributed by atoms with E-state index in [1.54, 1.807) is 6.07 Å². The molecule has 1 aromatic carbocycles. The van der Waals surface area contributed by atoms with Crippen LogP contribution in [-0.4, -0.2) is 37.0 Å². The van der Waals surface area contributed by atoms with Crippen molar-refractivity contribution in [1.29, 1.82) is 0 Å². The van der Waals surface area contributed by atoms with Gasteiger partial charge in [-0.05, 0) is 64.7 Å². The van der Waals surface area contributed by atoms with Crippen molar-refractivity contribution in [1.82, 2.24) is 10.6 Å². The van der Waals surface area contributed by atoms with Crippen LogP contribution in [0, 0.1) is 18.8 Å². The van der Waals surface area contributed by atoms with Gasteiger partial charge in [0.05, 0.1) is 5.92 Å². The summed E-state index contributed by atoms with van der Waals surface area (Å²) in [6.07, 6.45) is 0.923. The Kier molecular flexibility index (Phi) is 7.15. The minimum Gasteiger partial charge on any atom is -0.369 e. The van der Waals surface area contributed by atoms with Gasteiger partial charge in [-0.1, -0.05) is 18.5 Å². The molecule has 2 N–H and O–H groups in total. The number of hydrogen-bond acceptors (Lipinski definition) is 3. The first-order valence-corrected chi connectivity index (χ1v) is 10.2. The summed E-state index contributed by atoms with van der Waals surface area (Å²) < 4.78 is 0. The number of hydrogen-bond donors (Lipinski definition) is 2. The second-order valence-corrected chi connectivity index (χ2v) is 8.35. The zero-order chi connectivity index (χ0) is 20.3. The normalized spacial score (nSPS) is 22.5. The lowest BCUT2D eigenvalue weighted by Crippen LogP contribution is -2.50. The molecule has 6 heteroatoms. The number of anilines is 1. The highest BCUT2D eigenvalue weighted by atomic mass is 35.5. The predicted octanol–water partition coefficient (Wildman–Crippen LogP) is 3.77. The van der Waals surface area contributed by atoms with E-state index in [1.165, 1.54) is 0 Å².